The van der Waals surface area contributed by atoms with Gasteiger partial charge < -0.3 is 5.32 Å². The largest absolute Gasteiger partial charge is 0.342 e. The average molecular weight is 359 g/mol. The summed E-state index contributed by atoms with van der Waals surface area (Å²) in [6.45, 7) is 3.51. The fourth-order valence-electron chi connectivity index (χ4n) is 2.56. The van der Waals surface area contributed by atoms with E-state index in [0.29, 0.717) is 11.5 Å². The minimum atomic E-state index is -4.01. The van der Waals surface area contributed by atoms with Crippen molar-refractivity contribution in [3.63, 3.8) is 0 Å². The Morgan fingerprint density at radius 1 is 1.24 bits per heavy atom. The van der Waals surface area contributed by atoms with Gasteiger partial charge in [-0.3, -0.25) is 9.20 Å². The minimum Gasteiger partial charge on any atom is -0.342 e. The molecule has 1 amide bonds. The quantitative estimate of drug-likeness (QED) is 0.725. The molecule has 9 heteroatoms. The van der Waals surface area contributed by atoms with Crippen LogP contribution in [-0.4, -0.2) is 28.9 Å². The number of primary sulfonamides is 1. The zero-order valence-corrected chi connectivity index (χ0v) is 14.5. The molecule has 1 aromatic carbocycles. The number of carbonyl (C=O) groups is 1. The molecule has 0 saturated carbocycles. The summed E-state index contributed by atoms with van der Waals surface area (Å²) >= 11 is 0. The second kappa shape index (κ2) is 6.26. The molecule has 0 aliphatic rings. The van der Waals surface area contributed by atoms with Crippen LogP contribution in [0.5, 0.6) is 0 Å². The topological polar surface area (TPSA) is 119 Å². The van der Waals surface area contributed by atoms with Crippen molar-refractivity contribution >= 4 is 21.6 Å². The Bertz CT molecular complexity index is 1060. The van der Waals surface area contributed by atoms with Crippen molar-refractivity contribution in [2.45, 2.75) is 24.8 Å². The van der Waals surface area contributed by atoms with Crippen LogP contribution in [0, 0.1) is 6.92 Å². The molecule has 0 spiro atoms. The van der Waals surface area contributed by atoms with E-state index >= 15 is 0 Å². The van der Waals surface area contributed by atoms with E-state index in [0.717, 1.165) is 5.56 Å². The number of carbonyl (C=O) groups excluding carboxylic acids is 1. The van der Waals surface area contributed by atoms with E-state index in [1.54, 1.807) is 36.6 Å². The van der Waals surface area contributed by atoms with Gasteiger partial charge in [0, 0.05) is 6.20 Å². The average Bonchev–Trinajstić information content (AvgIpc) is 2.97. The maximum atomic E-state index is 12.6. The summed E-state index contributed by atoms with van der Waals surface area (Å²) < 4.78 is 25.2. The molecule has 8 nitrogen and oxygen atoms in total. The highest BCUT2D eigenvalue weighted by molar-refractivity contribution is 7.89. The molecule has 0 radical (unpaired) electrons. The maximum Gasteiger partial charge on any atom is 0.253 e. The van der Waals surface area contributed by atoms with E-state index in [1.165, 1.54) is 12.1 Å². The first-order chi connectivity index (χ1) is 11.8. The van der Waals surface area contributed by atoms with Crippen LogP contribution in [0.15, 0.2) is 47.5 Å². The van der Waals surface area contributed by atoms with Crippen LogP contribution in [0.4, 0.5) is 0 Å². The standard InChI is InChI=1S/C16H17N5O3S/c1-10-6-7-13(25(17,23)24)12(9-10)16(22)18-11(2)15-20-19-14-5-3-4-8-21(14)15/h3-9,11H,1-2H3,(H,18,22)(H2,17,23,24)/t11-/m1/s1. The summed E-state index contributed by atoms with van der Waals surface area (Å²) in [6.07, 6.45) is 1.79. The Hall–Kier alpha value is -2.78. The molecule has 0 fully saturated rings. The van der Waals surface area contributed by atoms with Crippen molar-refractivity contribution in [2.75, 3.05) is 0 Å². The van der Waals surface area contributed by atoms with E-state index in [2.05, 4.69) is 15.5 Å². The summed E-state index contributed by atoms with van der Waals surface area (Å²) in [5.74, 6) is -0.0123. The van der Waals surface area contributed by atoms with E-state index in [-0.39, 0.29) is 10.5 Å². The number of aryl methyl sites for hydroxylation is 1. The lowest BCUT2D eigenvalue weighted by Crippen LogP contribution is -2.30. The molecule has 3 rings (SSSR count). The summed E-state index contributed by atoms with van der Waals surface area (Å²) in [5.41, 5.74) is 1.40. The molecule has 1 atom stereocenters. The molecule has 0 saturated heterocycles. The van der Waals surface area contributed by atoms with Crippen LogP contribution in [0.2, 0.25) is 0 Å². The minimum absolute atomic E-state index is 0.00294. The molecular formula is C16H17N5O3S. The number of amides is 1. The monoisotopic (exact) mass is 359 g/mol. The zero-order valence-electron chi connectivity index (χ0n) is 13.7. The molecule has 130 valence electrons. The van der Waals surface area contributed by atoms with Crippen molar-refractivity contribution in [2.24, 2.45) is 5.14 Å². The van der Waals surface area contributed by atoms with Gasteiger partial charge in [0.25, 0.3) is 5.91 Å². The van der Waals surface area contributed by atoms with Crippen LogP contribution in [0.25, 0.3) is 5.65 Å². The second-order valence-corrected chi connectivity index (χ2v) is 7.26. The van der Waals surface area contributed by atoms with Gasteiger partial charge in [0.2, 0.25) is 10.0 Å². The number of benzene rings is 1. The highest BCUT2D eigenvalue weighted by Gasteiger charge is 2.22. The molecule has 25 heavy (non-hydrogen) atoms. The molecule has 0 bridgehead atoms. The zero-order chi connectivity index (χ0) is 18.2. The number of nitrogens with one attached hydrogen (secondary N) is 1. The molecule has 0 aliphatic carbocycles. The number of hydrogen-bond acceptors (Lipinski definition) is 5. The van der Waals surface area contributed by atoms with Crippen molar-refractivity contribution in [1.29, 1.82) is 0 Å². The van der Waals surface area contributed by atoms with Gasteiger partial charge in [0.05, 0.1) is 16.5 Å². The van der Waals surface area contributed by atoms with E-state index in [4.69, 9.17) is 5.14 Å². The lowest BCUT2D eigenvalue weighted by Gasteiger charge is -2.14. The number of rotatable bonds is 4. The van der Waals surface area contributed by atoms with Crippen LogP contribution < -0.4 is 10.5 Å². The van der Waals surface area contributed by atoms with Gasteiger partial charge in [-0.05, 0) is 38.1 Å². The third kappa shape index (κ3) is 3.37. The second-order valence-electron chi connectivity index (χ2n) is 5.73. The normalized spacial score (nSPS) is 12.9. The Kier molecular flexibility index (Phi) is 4.27. The van der Waals surface area contributed by atoms with Crippen LogP contribution in [0.3, 0.4) is 0 Å². The molecule has 2 aromatic heterocycles. The fraction of sp³-hybridized carbons (Fsp3) is 0.188. The van der Waals surface area contributed by atoms with Crippen molar-refractivity contribution in [3.8, 4) is 0 Å². The van der Waals surface area contributed by atoms with Crippen molar-refractivity contribution in [1.82, 2.24) is 19.9 Å². The van der Waals surface area contributed by atoms with E-state index in [9.17, 15) is 13.2 Å². The number of hydrogen-bond donors (Lipinski definition) is 2. The first kappa shape index (κ1) is 17.1. The molecule has 2 heterocycles. The van der Waals surface area contributed by atoms with Gasteiger partial charge in [0.15, 0.2) is 11.5 Å². The summed E-state index contributed by atoms with van der Waals surface area (Å²) in [7, 11) is -4.01. The highest BCUT2D eigenvalue weighted by atomic mass is 32.2. The SMILES string of the molecule is Cc1ccc(S(N)(=O)=O)c(C(=O)N[C@H](C)c2nnc3ccccn23)c1. The van der Waals surface area contributed by atoms with Gasteiger partial charge in [-0.25, -0.2) is 13.6 Å². The van der Waals surface area contributed by atoms with Crippen LogP contribution >= 0.6 is 0 Å². The first-order valence-electron chi connectivity index (χ1n) is 7.51. The Morgan fingerprint density at radius 3 is 2.72 bits per heavy atom. The molecule has 3 aromatic rings. The number of nitrogens with zero attached hydrogens (tertiary/aromatic N) is 3. The summed E-state index contributed by atoms with van der Waals surface area (Å²) in [6, 6.07) is 9.38. The number of aromatic nitrogens is 3. The lowest BCUT2D eigenvalue weighted by molar-refractivity contribution is 0.0934. The van der Waals surface area contributed by atoms with Gasteiger partial charge in [-0.1, -0.05) is 17.7 Å². The maximum absolute atomic E-state index is 12.6. The van der Waals surface area contributed by atoms with Gasteiger partial charge in [-0.2, -0.15) is 0 Å². The van der Waals surface area contributed by atoms with Crippen molar-refractivity contribution in [3.05, 3.63) is 59.5 Å². The fourth-order valence-corrected chi connectivity index (χ4v) is 3.28. The van der Waals surface area contributed by atoms with Crippen LogP contribution in [-0.2, 0) is 10.0 Å². The van der Waals surface area contributed by atoms with Gasteiger partial charge >= 0.3 is 0 Å². The highest BCUT2D eigenvalue weighted by Crippen LogP contribution is 2.18. The van der Waals surface area contributed by atoms with E-state index in [1.807, 2.05) is 12.1 Å². The molecular weight excluding hydrogens is 342 g/mol. The third-order valence-corrected chi connectivity index (χ3v) is 4.73. The smallest absolute Gasteiger partial charge is 0.253 e. The van der Waals surface area contributed by atoms with Gasteiger partial charge in [-0.15, -0.1) is 10.2 Å². The predicted molar refractivity (Wildman–Crippen MR) is 91.4 cm³/mol. The number of nitrogens with two attached hydrogens (primary N) is 1. The summed E-state index contributed by atoms with van der Waals surface area (Å²) in [5, 5.41) is 16.1. The number of sulfonamides is 1. The number of fused-ring (bicyclic) bond motifs is 1. The molecule has 0 unspecified atom stereocenters. The van der Waals surface area contributed by atoms with E-state index < -0.39 is 22.0 Å². The Morgan fingerprint density at radius 2 is 2.00 bits per heavy atom. The third-order valence-electron chi connectivity index (χ3n) is 3.76. The van der Waals surface area contributed by atoms with Crippen LogP contribution in [0.1, 0.15) is 34.7 Å². The lowest BCUT2D eigenvalue weighted by atomic mass is 10.1. The van der Waals surface area contributed by atoms with Crippen molar-refractivity contribution < 1.29 is 13.2 Å². The Balaban J connectivity index is 1.94. The molecule has 3 N–H and O–H groups in total. The first-order valence-corrected chi connectivity index (χ1v) is 9.06. The number of pyridine rings is 1. The predicted octanol–water partition coefficient (Wildman–Crippen LogP) is 1.18. The summed E-state index contributed by atoms with van der Waals surface area (Å²) in [4.78, 5) is 12.4. The Labute approximate surface area is 144 Å². The van der Waals surface area contributed by atoms with Gasteiger partial charge in [0.1, 0.15) is 0 Å². The molecule has 0 aliphatic heterocycles.